The molecule has 2 aliphatic carbocycles. The average Bonchev–Trinajstić information content (AvgIpc) is 2.78. The Morgan fingerprint density at radius 3 is 2.63 bits per heavy atom. The van der Waals surface area contributed by atoms with Gasteiger partial charge in [0.05, 0.1) is 10.6 Å². The summed E-state index contributed by atoms with van der Waals surface area (Å²) in [5.74, 6) is 1.65. The van der Waals surface area contributed by atoms with Crippen LogP contribution < -0.4 is 5.32 Å². The molecule has 2 aliphatic rings. The number of hydrogen-bond acceptors (Lipinski definition) is 3. The van der Waals surface area contributed by atoms with Crippen molar-refractivity contribution in [1.29, 1.82) is 0 Å². The maximum atomic E-state index is 11.7. The van der Waals surface area contributed by atoms with Gasteiger partial charge < -0.3 is 5.32 Å². The third-order valence-corrected chi connectivity index (χ3v) is 6.06. The fourth-order valence-corrected chi connectivity index (χ4v) is 3.91. The smallest absolute Gasteiger partial charge is 0.178 e. The largest absolute Gasteiger partial charge is 0.382 e. The summed E-state index contributed by atoms with van der Waals surface area (Å²) in [5, 5.41) is 3.50. The van der Waals surface area contributed by atoms with Crippen molar-refractivity contribution in [2.75, 3.05) is 11.1 Å². The first kappa shape index (κ1) is 12.7. The van der Waals surface area contributed by atoms with Crippen molar-refractivity contribution in [1.82, 2.24) is 0 Å². The number of sulfone groups is 1. The second-order valence-electron chi connectivity index (χ2n) is 5.42. The fraction of sp³-hybridized carbons (Fsp3) is 0.467. The first-order valence-corrected chi connectivity index (χ1v) is 8.51. The molecule has 0 radical (unpaired) electrons. The molecule has 1 N–H and O–H groups in total. The van der Waals surface area contributed by atoms with Crippen molar-refractivity contribution < 1.29 is 8.42 Å². The van der Waals surface area contributed by atoms with E-state index in [1.165, 1.54) is 12.8 Å². The molecule has 1 aromatic carbocycles. The molecule has 102 valence electrons. The summed E-state index contributed by atoms with van der Waals surface area (Å²) >= 11 is 0. The van der Waals surface area contributed by atoms with Gasteiger partial charge in [0.25, 0.3) is 0 Å². The molecule has 19 heavy (non-hydrogen) atoms. The van der Waals surface area contributed by atoms with E-state index >= 15 is 0 Å². The van der Waals surface area contributed by atoms with Crippen LogP contribution in [0.1, 0.15) is 19.8 Å². The molecule has 3 rings (SSSR count). The number of allylic oxidation sites excluding steroid dienone is 1. The van der Waals surface area contributed by atoms with Gasteiger partial charge >= 0.3 is 0 Å². The van der Waals surface area contributed by atoms with Crippen molar-refractivity contribution in [3.63, 3.8) is 0 Å². The Morgan fingerprint density at radius 2 is 2.00 bits per heavy atom. The van der Waals surface area contributed by atoms with Crippen LogP contribution >= 0.6 is 0 Å². The van der Waals surface area contributed by atoms with Gasteiger partial charge in [-0.15, -0.1) is 0 Å². The molecule has 0 bridgehead atoms. The van der Waals surface area contributed by atoms with E-state index in [1.54, 1.807) is 19.1 Å². The zero-order valence-corrected chi connectivity index (χ0v) is 11.9. The third kappa shape index (κ3) is 2.29. The normalized spacial score (nSPS) is 28.8. The van der Waals surface area contributed by atoms with Crippen LogP contribution in [-0.2, 0) is 9.84 Å². The summed E-state index contributed by atoms with van der Waals surface area (Å²) in [6.07, 6.45) is 7.01. The van der Waals surface area contributed by atoms with E-state index in [0.29, 0.717) is 16.9 Å². The number of fused-ring (bicyclic) bond motifs is 1. The summed E-state index contributed by atoms with van der Waals surface area (Å²) < 4.78 is 23.4. The Kier molecular flexibility index (Phi) is 3.13. The van der Waals surface area contributed by atoms with Crippen molar-refractivity contribution in [3.8, 4) is 0 Å². The molecule has 3 nitrogen and oxygen atoms in total. The van der Waals surface area contributed by atoms with Gasteiger partial charge in [-0.2, -0.15) is 0 Å². The highest BCUT2D eigenvalue weighted by molar-refractivity contribution is 7.91. The Bertz CT molecular complexity index is 589. The van der Waals surface area contributed by atoms with Crippen molar-refractivity contribution in [2.24, 2.45) is 11.8 Å². The first-order chi connectivity index (χ1) is 9.10. The van der Waals surface area contributed by atoms with E-state index in [2.05, 4.69) is 17.5 Å². The summed E-state index contributed by atoms with van der Waals surface area (Å²) in [5.41, 5.74) is 1.01. The fourth-order valence-electron chi connectivity index (χ4n) is 3.02. The van der Waals surface area contributed by atoms with Crippen LogP contribution in [0, 0.1) is 11.8 Å². The lowest BCUT2D eigenvalue weighted by Crippen LogP contribution is -2.43. The van der Waals surface area contributed by atoms with Gasteiger partial charge in [-0.25, -0.2) is 8.42 Å². The molecular weight excluding hydrogens is 258 g/mol. The second kappa shape index (κ2) is 4.67. The standard InChI is InChI=1S/C15H19NO2S/c1-2-19(17,18)13-8-6-12(7-9-13)16-15-10-11-4-3-5-14(11)15/h3,5-9,11,14-16H,2,4,10H2,1H3. The third-order valence-electron chi connectivity index (χ3n) is 4.31. The van der Waals surface area contributed by atoms with Gasteiger partial charge in [0, 0.05) is 17.6 Å². The number of hydrogen-bond donors (Lipinski definition) is 1. The molecule has 3 unspecified atom stereocenters. The molecular formula is C15H19NO2S. The molecule has 0 heterocycles. The van der Waals surface area contributed by atoms with Crippen molar-refractivity contribution in [3.05, 3.63) is 36.4 Å². The minimum atomic E-state index is -3.09. The number of benzene rings is 1. The predicted octanol–water partition coefficient (Wildman–Crippen LogP) is 2.86. The Labute approximate surface area is 114 Å². The van der Waals surface area contributed by atoms with Crippen LogP contribution in [0.3, 0.4) is 0 Å². The lowest BCUT2D eigenvalue weighted by molar-refractivity contribution is 0.218. The molecule has 3 atom stereocenters. The maximum absolute atomic E-state index is 11.7. The Morgan fingerprint density at radius 1 is 1.26 bits per heavy atom. The summed E-state index contributed by atoms with van der Waals surface area (Å²) in [6.45, 7) is 1.67. The molecule has 0 aliphatic heterocycles. The molecule has 1 saturated carbocycles. The highest BCUT2D eigenvalue weighted by atomic mass is 32.2. The minimum Gasteiger partial charge on any atom is -0.382 e. The predicted molar refractivity (Wildman–Crippen MR) is 76.9 cm³/mol. The lowest BCUT2D eigenvalue weighted by atomic mass is 9.71. The molecule has 0 aromatic heterocycles. The van der Waals surface area contributed by atoms with Gasteiger partial charge in [0.15, 0.2) is 9.84 Å². The molecule has 0 saturated heterocycles. The highest BCUT2D eigenvalue weighted by Gasteiger charge is 2.40. The zero-order chi connectivity index (χ0) is 13.5. The molecule has 1 aromatic rings. The SMILES string of the molecule is CCS(=O)(=O)c1ccc(NC2CC3CC=CC32)cc1. The zero-order valence-electron chi connectivity index (χ0n) is 11.0. The molecule has 1 fully saturated rings. The first-order valence-electron chi connectivity index (χ1n) is 6.86. The van der Waals surface area contributed by atoms with Crippen LogP contribution in [0.2, 0.25) is 0 Å². The lowest BCUT2D eigenvalue weighted by Gasteiger charge is -2.41. The summed E-state index contributed by atoms with van der Waals surface area (Å²) in [7, 11) is -3.09. The van der Waals surface area contributed by atoms with E-state index in [9.17, 15) is 8.42 Å². The van der Waals surface area contributed by atoms with Gasteiger partial charge in [-0.05, 0) is 43.0 Å². The van der Waals surface area contributed by atoms with E-state index < -0.39 is 9.84 Å². The average molecular weight is 277 g/mol. The molecule has 0 spiro atoms. The topological polar surface area (TPSA) is 46.2 Å². The van der Waals surface area contributed by atoms with Crippen LogP contribution in [0.25, 0.3) is 0 Å². The Balaban J connectivity index is 1.68. The van der Waals surface area contributed by atoms with Crippen molar-refractivity contribution >= 4 is 15.5 Å². The van der Waals surface area contributed by atoms with E-state index in [4.69, 9.17) is 0 Å². The van der Waals surface area contributed by atoms with Crippen LogP contribution in [0.15, 0.2) is 41.3 Å². The summed E-state index contributed by atoms with van der Waals surface area (Å²) in [4.78, 5) is 0.410. The van der Waals surface area contributed by atoms with E-state index in [-0.39, 0.29) is 5.75 Å². The number of anilines is 1. The van der Waals surface area contributed by atoms with Crippen molar-refractivity contribution in [2.45, 2.75) is 30.7 Å². The van der Waals surface area contributed by atoms with Gasteiger partial charge in [-0.3, -0.25) is 0 Å². The molecule has 0 amide bonds. The maximum Gasteiger partial charge on any atom is 0.178 e. The monoisotopic (exact) mass is 277 g/mol. The van der Waals surface area contributed by atoms with Gasteiger partial charge in [0.2, 0.25) is 0 Å². The quantitative estimate of drug-likeness (QED) is 0.861. The van der Waals surface area contributed by atoms with E-state index in [0.717, 1.165) is 11.6 Å². The Hall–Kier alpha value is -1.29. The number of nitrogens with one attached hydrogen (secondary N) is 1. The summed E-state index contributed by atoms with van der Waals surface area (Å²) in [6, 6.07) is 7.64. The van der Waals surface area contributed by atoms with E-state index in [1.807, 2.05) is 12.1 Å². The van der Waals surface area contributed by atoms with Gasteiger partial charge in [-0.1, -0.05) is 19.1 Å². The number of rotatable bonds is 4. The van der Waals surface area contributed by atoms with Gasteiger partial charge in [0.1, 0.15) is 0 Å². The highest BCUT2D eigenvalue weighted by Crippen LogP contribution is 2.44. The van der Waals surface area contributed by atoms with Crippen LogP contribution in [-0.4, -0.2) is 20.2 Å². The second-order valence-corrected chi connectivity index (χ2v) is 7.69. The molecule has 4 heteroatoms. The van der Waals surface area contributed by atoms with Crippen LogP contribution in [0.5, 0.6) is 0 Å². The minimum absolute atomic E-state index is 0.150. The van der Waals surface area contributed by atoms with Crippen LogP contribution in [0.4, 0.5) is 5.69 Å².